The summed E-state index contributed by atoms with van der Waals surface area (Å²) in [6.07, 6.45) is 0.970. The van der Waals surface area contributed by atoms with Crippen LogP contribution in [0.2, 0.25) is 0 Å². The van der Waals surface area contributed by atoms with Gasteiger partial charge in [-0.2, -0.15) is 0 Å². The maximum atomic E-state index is 6.74. The monoisotopic (exact) mass is 185 g/mol. The van der Waals surface area contributed by atoms with Crippen molar-refractivity contribution in [3.8, 4) is 0 Å². The van der Waals surface area contributed by atoms with Gasteiger partial charge in [0, 0.05) is 6.42 Å². The van der Waals surface area contributed by atoms with Gasteiger partial charge in [-0.15, -0.1) is 0 Å². The van der Waals surface area contributed by atoms with Crippen LogP contribution in [-0.2, 0) is 0 Å². The van der Waals surface area contributed by atoms with E-state index < -0.39 is 0 Å². The molecule has 0 aromatic carbocycles. The molecule has 0 atom stereocenters. The first-order valence-corrected chi connectivity index (χ1v) is 2.32. The average Bonchev–Trinajstić information content (AvgIpc) is 1.61. The van der Waals surface area contributed by atoms with Gasteiger partial charge in [-0.1, -0.05) is 0 Å². The van der Waals surface area contributed by atoms with E-state index in [9.17, 15) is 0 Å². The smallest absolute Gasteiger partial charge is 0.238 e. The Bertz CT molecular complexity index is 99.8. The second kappa shape index (κ2) is 8.52. The topological polar surface area (TPSA) is 101 Å². The van der Waals surface area contributed by atoms with Crippen LogP contribution in [0.3, 0.4) is 0 Å². The molecule has 0 saturated carbocycles. The Balaban J connectivity index is -0.000000245. The summed E-state index contributed by atoms with van der Waals surface area (Å²) < 4.78 is 0. The van der Waals surface area contributed by atoms with Gasteiger partial charge in [0.2, 0.25) is 5.84 Å². The van der Waals surface area contributed by atoms with E-state index in [1.807, 2.05) is 0 Å². The molecule has 62 valence electrons. The molecule has 0 aliphatic carbocycles. The molecule has 0 heterocycles. The Morgan fingerprint density at radius 1 is 1.20 bits per heavy atom. The zero-order chi connectivity index (χ0) is 6.57. The van der Waals surface area contributed by atoms with Crippen LogP contribution >= 0.6 is 0 Å². The first-order valence-electron chi connectivity index (χ1n) is 2.32. The highest BCUT2D eigenvalue weighted by Gasteiger charge is 1.94. The standard InChI is InChI=1S/C4H10N4.2ClH/c5-3(6)1-2-4(7)8;;/h1-2H2,(H3,5,6)(H3,7,8);2*1H/p-1. The third-order valence-electron chi connectivity index (χ3n) is 0.683. The number of rotatable bonds is 3. The fourth-order valence-corrected chi connectivity index (χ4v) is 0.279. The minimum atomic E-state index is 0. The number of nitrogens with two attached hydrogens (primary N) is 3. The highest BCUT2D eigenvalue weighted by molar-refractivity contribution is 5.83. The highest BCUT2D eigenvalue weighted by Crippen LogP contribution is 1.81. The average molecular weight is 186 g/mol. The molecule has 0 amide bonds. The van der Waals surface area contributed by atoms with Gasteiger partial charge in [0.25, 0.3) is 0 Å². The van der Waals surface area contributed by atoms with Gasteiger partial charge in [0.05, 0.1) is 12.3 Å². The predicted octanol–water partition coefficient (Wildman–Crippen LogP) is -8.17. The summed E-state index contributed by atoms with van der Waals surface area (Å²) in [7, 11) is 0. The molecule has 10 heavy (non-hydrogen) atoms. The molecule has 4 nitrogen and oxygen atoms in total. The molecule has 0 aliphatic rings. The van der Waals surface area contributed by atoms with Crippen molar-refractivity contribution in [1.29, 1.82) is 5.41 Å². The van der Waals surface area contributed by atoms with E-state index >= 15 is 0 Å². The van der Waals surface area contributed by atoms with Gasteiger partial charge in [-0.25, -0.2) is 0 Å². The fourth-order valence-electron chi connectivity index (χ4n) is 0.279. The molecule has 0 spiro atoms. The zero-order valence-corrected chi connectivity index (χ0v) is 6.91. The van der Waals surface area contributed by atoms with Crippen LogP contribution < -0.4 is 41.7 Å². The number of halogens is 2. The normalized spacial score (nSPS) is 6.80. The van der Waals surface area contributed by atoms with E-state index in [2.05, 4.69) is 0 Å². The van der Waals surface area contributed by atoms with Crippen molar-refractivity contribution in [3.63, 3.8) is 0 Å². The largest absolute Gasteiger partial charge is 1.00 e. The SMILES string of the molecule is N=C(N)CCC(N)=[NH2+].[Cl-].[Cl-]. The van der Waals surface area contributed by atoms with Gasteiger partial charge >= 0.3 is 0 Å². The highest BCUT2D eigenvalue weighted by atomic mass is 35.5. The molecule has 0 bridgehead atoms. The summed E-state index contributed by atoms with van der Waals surface area (Å²) in [5.41, 5.74) is 10.1. The van der Waals surface area contributed by atoms with Crippen molar-refractivity contribution < 1.29 is 30.2 Å². The molecular weight excluding hydrogens is 175 g/mol. The Morgan fingerprint density at radius 2 is 1.60 bits per heavy atom. The van der Waals surface area contributed by atoms with Crippen LogP contribution in [0.15, 0.2) is 0 Å². The van der Waals surface area contributed by atoms with Crippen molar-refractivity contribution in [3.05, 3.63) is 0 Å². The predicted molar refractivity (Wildman–Crippen MR) is 32.3 cm³/mol. The molecule has 0 aromatic rings. The summed E-state index contributed by atoms with van der Waals surface area (Å²) in [4.78, 5) is 0. The lowest BCUT2D eigenvalue weighted by molar-refractivity contribution is -0.117. The molecule has 0 aromatic heterocycles. The van der Waals surface area contributed by atoms with Crippen LogP contribution in [-0.4, -0.2) is 11.7 Å². The lowest BCUT2D eigenvalue weighted by atomic mass is 10.3. The minimum absolute atomic E-state index is 0. The molecule has 0 saturated heterocycles. The third-order valence-corrected chi connectivity index (χ3v) is 0.683. The maximum Gasteiger partial charge on any atom is 0.238 e. The molecule has 0 aliphatic heterocycles. The molecule has 0 radical (unpaired) electrons. The van der Waals surface area contributed by atoms with Crippen LogP contribution in [0.5, 0.6) is 0 Å². The number of amidine groups is 2. The van der Waals surface area contributed by atoms with Crippen molar-refractivity contribution in [1.82, 2.24) is 0 Å². The van der Waals surface area contributed by atoms with E-state index in [4.69, 9.17) is 22.3 Å². The number of hydrogen-bond donors (Lipinski definition) is 4. The van der Waals surface area contributed by atoms with Crippen molar-refractivity contribution in [2.45, 2.75) is 12.8 Å². The van der Waals surface area contributed by atoms with Crippen molar-refractivity contribution >= 4 is 11.7 Å². The Hall–Kier alpha value is -0.480. The van der Waals surface area contributed by atoms with Crippen molar-refractivity contribution in [2.24, 2.45) is 11.5 Å². The Morgan fingerprint density at radius 3 is 1.70 bits per heavy atom. The van der Waals surface area contributed by atoms with Crippen molar-refractivity contribution in [2.75, 3.05) is 0 Å². The Kier molecular flexibility index (Phi) is 13.9. The van der Waals surface area contributed by atoms with Crippen LogP contribution in [0.25, 0.3) is 0 Å². The summed E-state index contributed by atoms with van der Waals surface area (Å²) in [6, 6.07) is 0. The third kappa shape index (κ3) is 15.6. The number of nitrogens with one attached hydrogen (secondary N) is 1. The zero-order valence-electron chi connectivity index (χ0n) is 5.40. The van der Waals surface area contributed by atoms with Gasteiger partial charge in [-0.3, -0.25) is 16.6 Å². The molecule has 0 rings (SSSR count). The van der Waals surface area contributed by atoms with Gasteiger partial charge in [0.1, 0.15) is 0 Å². The van der Waals surface area contributed by atoms with Gasteiger partial charge in [0.15, 0.2) is 0 Å². The van der Waals surface area contributed by atoms with E-state index in [1.165, 1.54) is 0 Å². The van der Waals surface area contributed by atoms with E-state index in [0.29, 0.717) is 18.7 Å². The second-order valence-electron chi connectivity index (χ2n) is 1.60. The van der Waals surface area contributed by atoms with Crippen LogP contribution in [0.1, 0.15) is 12.8 Å². The molecular formula is C4H11Cl2N4-. The lowest BCUT2D eigenvalue weighted by Gasteiger charge is -1.89. The maximum absolute atomic E-state index is 6.74. The lowest BCUT2D eigenvalue weighted by Crippen LogP contribution is -3.00. The molecule has 7 N–H and O–H groups in total. The van der Waals surface area contributed by atoms with E-state index in [1.54, 1.807) is 0 Å². The summed E-state index contributed by atoms with van der Waals surface area (Å²) in [5.74, 6) is 0.457. The van der Waals surface area contributed by atoms with E-state index in [-0.39, 0.29) is 30.6 Å². The van der Waals surface area contributed by atoms with E-state index in [0.717, 1.165) is 0 Å². The molecule has 6 heteroatoms. The molecule has 0 unspecified atom stereocenters. The minimum Gasteiger partial charge on any atom is -1.00 e. The van der Waals surface area contributed by atoms with Crippen LogP contribution in [0, 0.1) is 5.41 Å². The summed E-state index contributed by atoms with van der Waals surface area (Å²) in [6.45, 7) is 0. The summed E-state index contributed by atoms with van der Waals surface area (Å²) in [5, 5.41) is 11.8. The molecule has 0 fully saturated rings. The first-order chi connectivity index (χ1) is 3.63. The summed E-state index contributed by atoms with van der Waals surface area (Å²) >= 11 is 0. The number of hydrogen-bond acceptors (Lipinski definition) is 1. The Labute approximate surface area is 72.2 Å². The quantitative estimate of drug-likeness (QED) is 0.260. The fraction of sp³-hybridized carbons (Fsp3) is 0.500. The second-order valence-corrected chi connectivity index (χ2v) is 1.60. The first kappa shape index (κ1) is 16.3. The van der Waals surface area contributed by atoms with Gasteiger partial charge < -0.3 is 30.5 Å². The van der Waals surface area contributed by atoms with Gasteiger partial charge in [-0.05, 0) is 0 Å². The van der Waals surface area contributed by atoms with Crippen LogP contribution in [0.4, 0.5) is 0 Å².